The van der Waals surface area contributed by atoms with Crippen molar-refractivity contribution in [1.29, 1.82) is 0 Å². The Morgan fingerprint density at radius 2 is 1.89 bits per heavy atom. The number of hydrogen-bond acceptors (Lipinski definition) is 3. The van der Waals surface area contributed by atoms with Gasteiger partial charge in [-0.15, -0.1) is 0 Å². The van der Waals surface area contributed by atoms with Gasteiger partial charge in [-0.3, -0.25) is 4.79 Å². The van der Waals surface area contributed by atoms with Gasteiger partial charge in [0.05, 0.1) is 5.54 Å². The lowest BCUT2D eigenvalue weighted by Gasteiger charge is -2.29. The van der Waals surface area contributed by atoms with Crippen LogP contribution in [-0.2, 0) is 4.79 Å². The molecule has 1 rings (SSSR count). The van der Waals surface area contributed by atoms with Crippen LogP contribution in [0.15, 0.2) is 0 Å². The molecule has 0 aromatic heterocycles. The first-order valence-corrected chi connectivity index (χ1v) is 7.09. The molecule has 4 nitrogen and oxygen atoms in total. The van der Waals surface area contributed by atoms with Crippen molar-refractivity contribution in [2.24, 2.45) is 11.7 Å². The van der Waals surface area contributed by atoms with E-state index < -0.39 is 5.54 Å². The zero-order chi connectivity index (χ0) is 13.8. The Labute approximate surface area is 111 Å². The highest BCUT2D eigenvalue weighted by molar-refractivity contribution is 5.86. The first kappa shape index (κ1) is 15.4. The molecular weight excluding hydrogens is 226 g/mol. The molecule has 1 unspecified atom stereocenters. The van der Waals surface area contributed by atoms with Gasteiger partial charge in [0, 0.05) is 12.6 Å². The van der Waals surface area contributed by atoms with Crippen molar-refractivity contribution in [2.75, 3.05) is 20.6 Å². The average molecular weight is 255 g/mol. The molecule has 0 aromatic rings. The van der Waals surface area contributed by atoms with E-state index in [9.17, 15) is 4.79 Å². The second-order valence-electron chi connectivity index (χ2n) is 6.32. The van der Waals surface area contributed by atoms with Crippen LogP contribution in [0.25, 0.3) is 0 Å². The predicted octanol–water partition coefficient (Wildman–Crippen LogP) is 1.35. The molecule has 1 aliphatic rings. The van der Waals surface area contributed by atoms with Crippen LogP contribution in [0.2, 0.25) is 0 Å². The lowest BCUT2D eigenvalue weighted by atomic mass is 9.97. The summed E-state index contributed by atoms with van der Waals surface area (Å²) >= 11 is 0. The molecule has 0 heterocycles. The van der Waals surface area contributed by atoms with Gasteiger partial charge in [-0.25, -0.2) is 0 Å². The van der Waals surface area contributed by atoms with Crippen LogP contribution in [-0.4, -0.2) is 43.0 Å². The Hall–Kier alpha value is -0.610. The fourth-order valence-electron chi connectivity index (χ4n) is 2.64. The van der Waals surface area contributed by atoms with Gasteiger partial charge in [0.15, 0.2) is 0 Å². The van der Waals surface area contributed by atoms with Crippen LogP contribution in [0.5, 0.6) is 0 Å². The van der Waals surface area contributed by atoms with Gasteiger partial charge in [0.2, 0.25) is 5.91 Å². The highest BCUT2D eigenvalue weighted by Gasteiger charge is 2.37. The van der Waals surface area contributed by atoms with Crippen LogP contribution in [0.1, 0.15) is 46.0 Å². The second kappa shape index (κ2) is 6.53. The molecule has 0 saturated heterocycles. The van der Waals surface area contributed by atoms with Crippen molar-refractivity contribution < 1.29 is 4.79 Å². The minimum Gasteiger partial charge on any atom is -0.353 e. The number of nitrogens with one attached hydrogen (secondary N) is 1. The van der Waals surface area contributed by atoms with E-state index in [4.69, 9.17) is 5.73 Å². The molecule has 1 atom stereocenters. The maximum Gasteiger partial charge on any atom is 0.240 e. The molecule has 0 aliphatic heterocycles. The van der Waals surface area contributed by atoms with Crippen LogP contribution in [0, 0.1) is 5.92 Å². The summed E-state index contributed by atoms with van der Waals surface area (Å²) in [6, 6.07) is 0.388. The van der Waals surface area contributed by atoms with Crippen LogP contribution in [0.3, 0.4) is 0 Å². The topological polar surface area (TPSA) is 58.4 Å². The van der Waals surface area contributed by atoms with Crippen molar-refractivity contribution in [1.82, 2.24) is 10.2 Å². The summed E-state index contributed by atoms with van der Waals surface area (Å²) in [4.78, 5) is 14.3. The van der Waals surface area contributed by atoms with Gasteiger partial charge in [0.25, 0.3) is 0 Å². The molecule has 18 heavy (non-hydrogen) atoms. The zero-order valence-electron chi connectivity index (χ0n) is 12.3. The van der Waals surface area contributed by atoms with Crippen molar-refractivity contribution in [2.45, 2.75) is 57.5 Å². The summed E-state index contributed by atoms with van der Waals surface area (Å²) in [5, 5.41) is 3.05. The van der Waals surface area contributed by atoms with E-state index in [1.807, 2.05) is 0 Å². The molecule has 1 amide bonds. The summed E-state index contributed by atoms with van der Waals surface area (Å²) in [6.07, 6.45) is 4.90. The minimum absolute atomic E-state index is 0.0376. The summed E-state index contributed by atoms with van der Waals surface area (Å²) < 4.78 is 0. The Morgan fingerprint density at radius 1 is 1.33 bits per heavy atom. The number of likely N-dealkylation sites (N-methyl/N-ethyl adjacent to an activating group) is 1. The fourth-order valence-corrected chi connectivity index (χ4v) is 2.64. The molecule has 3 N–H and O–H groups in total. The first-order valence-electron chi connectivity index (χ1n) is 7.09. The Kier molecular flexibility index (Phi) is 5.60. The van der Waals surface area contributed by atoms with Gasteiger partial charge in [-0.1, -0.05) is 26.7 Å². The third-order valence-electron chi connectivity index (χ3n) is 3.92. The standard InChI is InChI=1S/C14H29N3O/c1-11(2)9-12(17(3)4)10-16-13(18)14(15)7-5-6-8-14/h11-12H,5-10,15H2,1-4H3,(H,16,18). The first-order chi connectivity index (χ1) is 8.35. The molecule has 106 valence electrons. The smallest absolute Gasteiger partial charge is 0.240 e. The Bertz CT molecular complexity index is 270. The van der Waals surface area contributed by atoms with E-state index in [-0.39, 0.29) is 5.91 Å². The number of amides is 1. The van der Waals surface area contributed by atoms with Crippen molar-refractivity contribution in [3.63, 3.8) is 0 Å². The van der Waals surface area contributed by atoms with Crippen LogP contribution < -0.4 is 11.1 Å². The molecule has 0 aromatic carbocycles. The van der Waals surface area contributed by atoms with Gasteiger partial charge >= 0.3 is 0 Å². The molecule has 1 fully saturated rings. The fraction of sp³-hybridized carbons (Fsp3) is 0.929. The van der Waals surface area contributed by atoms with E-state index in [0.717, 1.165) is 32.1 Å². The minimum atomic E-state index is -0.602. The summed E-state index contributed by atoms with van der Waals surface area (Å²) in [7, 11) is 4.12. The summed E-state index contributed by atoms with van der Waals surface area (Å²) in [5.74, 6) is 0.670. The maximum atomic E-state index is 12.1. The Morgan fingerprint density at radius 3 is 2.33 bits per heavy atom. The number of nitrogens with two attached hydrogens (primary N) is 1. The van der Waals surface area contributed by atoms with E-state index in [1.54, 1.807) is 0 Å². The molecule has 0 radical (unpaired) electrons. The van der Waals surface area contributed by atoms with E-state index in [2.05, 4.69) is 38.2 Å². The van der Waals surface area contributed by atoms with E-state index in [0.29, 0.717) is 18.5 Å². The summed E-state index contributed by atoms with van der Waals surface area (Å²) in [5.41, 5.74) is 5.54. The third-order valence-corrected chi connectivity index (χ3v) is 3.92. The summed E-state index contributed by atoms with van der Waals surface area (Å²) in [6.45, 7) is 5.11. The van der Waals surface area contributed by atoms with Crippen molar-refractivity contribution in [3.05, 3.63) is 0 Å². The number of carbonyl (C=O) groups is 1. The van der Waals surface area contributed by atoms with Gasteiger partial charge < -0.3 is 16.0 Å². The van der Waals surface area contributed by atoms with Gasteiger partial charge in [0.1, 0.15) is 0 Å². The van der Waals surface area contributed by atoms with Crippen molar-refractivity contribution in [3.8, 4) is 0 Å². The van der Waals surface area contributed by atoms with Crippen LogP contribution in [0.4, 0.5) is 0 Å². The lowest BCUT2D eigenvalue weighted by Crippen LogP contribution is -2.54. The SMILES string of the molecule is CC(C)CC(CNC(=O)C1(N)CCCC1)N(C)C. The molecular formula is C14H29N3O. The third kappa shape index (κ3) is 4.25. The number of hydrogen-bond donors (Lipinski definition) is 2. The second-order valence-corrected chi connectivity index (χ2v) is 6.32. The predicted molar refractivity (Wildman–Crippen MR) is 75.3 cm³/mol. The van der Waals surface area contributed by atoms with Gasteiger partial charge in [-0.05, 0) is 39.3 Å². The highest BCUT2D eigenvalue weighted by atomic mass is 16.2. The van der Waals surface area contributed by atoms with Crippen LogP contribution >= 0.6 is 0 Å². The number of rotatable bonds is 6. The van der Waals surface area contributed by atoms with E-state index in [1.165, 1.54) is 0 Å². The Balaban J connectivity index is 2.44. The lowest BCUT2D eigenvalue weighted by molar-refractivity contribution is -0.126. The molecule has 1 saturated carbocycles. The van der Waals surface area contributed by atoms with Gasteiger partial charge in [-0.2, -0.15) is 0 Å². The largest absolute Gasteiger partial charge is 0.353 e. The number of carbonyl (C=O) groups excluding carboxylic acids is 1. The zero-order valence-corrected chi connectivity index (χ0v) is 12.3. The quantitative estimate of drug-likeness (QED) is 0.753. The highest BCUT2D eigenvalue weighted by Crippen LogP contribution is 2.27. The average Bonchev–Trinajstić information content (AvgIpc) is 2.71. The molecule has 4 heteroatoms. The van der Waals surface area contributed by atoms with E-state index >= 15 is 0 Å². The van der Waals surface area contributed by atoms with Crippen molar-refractivity contribution >= 4 is 5.91 Å². The normalized spacial score (nSPS) is 20.4. The number of nitrogens with zero attached hydrogens (tertiary/aromatic N) is 1. The maximum absolute atomic E-state index is 12.1. The molecule has 0 bridgehead atoms. The molecule has 1 aliphatic carbocycles. The monoisotopic (exact) mass is 255 g/mol. The molecule has 0 spiro atoms.